The quantitative estimate of drug-likeness (QED) is 0.863. The highest BCUT2D eigenvalue weighted by Crippen LogP contribution is 2.32. The van der Waals surface area contributed by atoms with Crippen LogP contribution in [0.5, 0.6) is 0 Å². The Bertz CT molecular complexity index is 397. The number of nitrogens with one attached hydrogen (secondary N) is 1. The van der Waals surface area contributed by atoms with Crippen LogP contribution in [0.1, 0.15) is 17.5 Å². The van der Waals surface area contributed by atoms with E-state index in [0.717, 1.165) is 24.1 Å². The Labute approximate surface area is 97.8 Å². The maximum absolute atomic E-state index is 12.6. The molecule has 1 aliphatic heterocycles. The molecule has 1 unspecified atom stereocenters. The Hall–Kier alpha value is -1.23. The van der Waals surface area contributed by atoms with Crippen molar-refractivity contribution < 1.29 is 17.9 Å². The van der Waals surface area contributed by atoms with Crippen molar-refractivity contribution in [1.29, 1.82) is 0 Å². The number of aryl methyl sites for hydroxylation is 1. The van der Waals surface area contributed by atoms with Gasteiger partial charge in [-0.2, -0.15) is 13.2 Å². The molecule has 2 rings (SSSR count). The van der Waals surface area contributed by atoms with Gasteiger partial charge in [0.05, 0.1) is 18.2 Å². The van der Waals surface area contributed by atoms with E-state index in [1.807, 2.05) is 0 Å². The third kappa shape index (κ3) is 2.91. The molecule has 0 bridgehead atoms. The smallest absolute Gasteiger partial charge is 0.380 e. The van der Waals surface area contributed by atoms with Gasteiger partial charge >= 0.3 is 6.18 Å². The monoisotopic (exact) mass is 245 g/mol. The van der Waals surface area contributed by atoms with Crippen LogP contribution in [-0.2, 0) is 10.9 Å². The van der Waals surface area contributed by atoms with Gasteiger partial charge in [-0.15, -0.1) is 0 Å². The molecule has 0 saturated carbocycles. The van der Waals surface area contributed by atoms with Crippen LogP contribution < -0.4 is 5.32 Å². The number of anilines is 1. The molecule has 94 valence electrons. The van der Waals surface area contributed by atoms with Gasteiger partial charge in [0.1, 0.15) is 0 Å². The van der Waals surface area contributed by atoms with Gasteiger partial charge in [-0.3, -0.25) is 0 Å². The Morgan fingerprint density at radius 1 is 1.35 bits per heavy atom. The molecule has 1 saturated heterocycles. The predicted molar refractivity (Wildman–Crippen MR) is 59.0 cm³/mol. The van der Waals surface area contributed by atoms with Crippen molar-refractivity contribution in [1.82, 2.24) is 0 Å². The largest absolute Gasteiger partial charge is 0.416 e. The lowest BCUT2D eigenvalue weighted by atomic mass is 10.1. The molecule has 1 aliphatic rings. The number of rotatable bonds is 2. The fraction of sp³-hybridized carbons (Fsp3) is 0.500. The predicted octanol–water partition coefficient (Wildman–Crippen LogP) is 3.21. The molecule has 1 atom stereocenters. The van der Waals surface area contributed by atoms with E-state index in [0.29, 0.717) is 18.9 Å². The second-order valence-corrected chi connectivity index (χ2v) is 4.23. The first-order chi connectivity index (χ1) is 7.97. The summed E-state index contributed by atoms with van der Waals surface area (Å²) in [6.45, 7) is 3.00. The summed E-state index contributed by atoms with van der Waals surface area (Å²) in [5.41, 5.74) is 0.727. The summed E-state index contributed by atoms with van der Waals surface area (Å²) in [4.78, 5) is 0. The van der Waals surface area contributed by atoms with Crippen LogP contribution in [0.15, 0.2) is 18.2 Å². The first kappa shape index (κ1) is 12.2. The molecule has 0 aliphatic carbocycles. The minimum absolute atomic E-state index is 0.109. The lowest BCUT2D eigenvalue weighted by molar-refractivity contribution is -0.137. The lowest BCUT2D eigenvalue weighted by Crippen LogP contribution is -2.20. The van der Waals surface area contributed by atoms with Gasteiger partial charge in [0.25, 0.3) is 0 Å². The first-order valence-corrected chi connectivity index (χ1v) is 5.49. The summed E-state index contributed by atoms with van der Waals surface area (Å²) in [6.07, 6.45) is -3.47. The van der Waals surface area contributed by atoms with Crippen LogP contribution in [0.2, 0.25) is 0 Å². The number of ether oxygens (including phenoxy) is 1. The fourth-order valence-corrected chi connectivity index (χ4v) is 1.82. The number of hydrogen-bond donors (Lipinski definition) is 1. The van der Waals surface area contributed by atoms with E-state index in [9.17, 15) is 13.2 Å². The first-order valence-electron chi connectivity index (χ1n) is 5.49. The summed E-state index contributed by atoms with van der Waals surface area (Å²) in [7, 11) is 0. The Morgan fingerprint density at radius 3 is 2.71 bits per heavy atom. The lowest BCUT2D eigenvalue weighted by Gasteiger charge is -2.16. The molecule has 1 fully saturated rings. The van der Waals surface area contributed by atoms with Crippen molar-refractivity contribution in [2.45, 2.75) is 25.6 Å². The molecule has 1 aromatic carbocycles. The van der Waals surface area contributed by atoms with Crippen LogP contribution >= 0.6 is 0 Å². The number of benzene rings is 1. The van der Waals surface area contributed by atoms with Gasteiger partial charge in [-0.1, -0.05) is 6.07 Å². The highest BCUT2D eigenvalue weighted by atomic mass is 19.4. The maximum Gasteiger partial charge on any atom is 0.416 e. The van der Waals surface area contributed by atoms with Crippen molar-refractivity contribution >= 4 is 5.69 Å². The number of halogens is 3. The van der Waals surface area contributed by atoms with Gasteiger partial charge in [-0.05, 0) is 31.0 Å². The molecule has 0 amide bonds. The average Bonchev–Trinajstić information content (AvgIpc) is 2.72. The van der Waals surface area contributed by atoms with E-state index in [2.05, 4.69) is 5.32 Å². The van der Waals surface area contributed by atoms with Gasteiger partial charge in [0, 0.05) is 12.3 Å². The minimum atomic E-state index is -4.30. The van der Waals surface area contributed by atoms with E-state index >= 15 is 0 Å². The molecule has 0 spiro atoms. The molecular formula is C12H14F3NO. The highest BCUT2D eigenvalue weighted by Gasteiger charge is 2.31. The van der Waals surface area contributed by atoms with Crippen LogP contribution in [0.25, 0.3) is 0 Å². The Balaban J connectivity index is 2.20. The topological polar surface area (TPSA) is 21.3 Å². The van der Waals surface area contributed by atoms with Crippen molar-refractivity contribution in [3.05, 3.63) is 29.3 Å². The SMILES string of the molecule is Cc1ccc(C(F)(F)F)cc1NC1CCOC1. The summed E-state index contributed by atoms with van der Waals surface area (Å²) in [5.74, 6) is 0. The molecule has 1 aromatic rings. The highest BCUT2D eigenvalue weighted by molar-refractivity contribution is 5.54. The number of alkyl halides is 3. The second kappa shape index (κ2) is 4.56. The normalized spacial score (nSPS) is 20.6. The minimum Gasteiger partial charge on any atom is -0.380 e. The standard InChI is InChI=1S/C12H14F3NO/c1-8-2-3-9(12(13,14)15)6-11(8)16-10-4-5-17-7-10/h2-3,6,10,16H,4-5,7H2,1H3. The average molecular weight is 245 g/mol. The van der Waals surface area contributed by atoms with Crippen molar-refractivity contribution in [2.24, 2.45) is 0 Å². The number of hydrogen-bond acceptors (Lipinski definition) is 2. The van der Waals surface area contributed by atoms with E-state index < -0.39 is 11.7 Å². The summed E-state index contributed by atoms with van der Waals surface area (Å²) in [5, 5.41) is 3.10. The van der Waals surface area contributed by atoms with Crippen molar-refractivity contribution in [2.75, 3.05) is 18.5 Å². The van der Waals surface area contributed by atoms with Gasteiger partial charge in [-0.25, -0.2) is 0 Å². The maximum atomic E-state index is 12.6. The molecule has 2 nitrogen and oxygen atoms in total. The Morgan fingerprint density at radius 2 is 2.12 bits per heavy atom. The molecule has 17 heavy (non-hydrogen) atoms. The van der Waals surface area contributed by atoms with E-state index in [-0.39, 0.29) is 6.04 Å². The summed E-state index contributed by atoms with van der Waals surface area (Å²) in [6, 6.07) is 3.86. The zero-order valence-corrected chi connectivity index (χ0v) is 9.47. The van der Waals surface area contributed by atoms with E-state index in [4.69, 9.17) is 4.74 Å². The Kier molecular flexibility index (Phi) is 3.28. The molecule has 0 radical (unpaired) electrons. The molecule has 1 N–H and O–H groups in total. The second-order valence-electron chi connectivity index (χ2n) is 4.23. The molecule has 5 heteroatoms. The summed E-state index contributed by atoms with van der Waals surface area (Å²) < 4.78 is 42.9. The summed E-state index contributed by atoms with van der Waals surface area (Å²) >= 11 is 0. The molecular weight excluding hydrogens is 231 g/mol. The van der Waals surface area contributed by atoms with Gasteiger partial charge < -0.3 is 10.1 Å². The zero-order chi connectivity index (χ0) is 12.5. The van der Waals surface area contributed by atoms with Crippen LogP contribution in [0, 0.1) is 6.92 Å². The van der Waals surface area contributed by atoms with Gasteiger partial charge in [0.2, 0.25) is 0 Å². The van der Waals surface area contributed by atoms with E-state index in [1.165, 1.54) is 6.07 Å². The van der Waals surface area contributed by atoms with Gasteiger partial charge in [0.15, 0.2) is 0 Å². The third-order valence-corrected chi connectivity index (χ3v) is 2.85. The van der Waals surface area contributed by atoms with Crippen molar-refractivity contribution in [3.8, 4) is 0 Å². The fourth-order valence-electron chi connectivity index (χ4n) is 1.82. The van der Waals surface area contributed by atoms with Crippen LogP contribution in [0.4, 0.5) is 18.9 Å². The van der Waals surface area contributed by atoms with Crippen LogP contribution in [-0.4, -0.2) is 19.3 Å². The molecule has 1 heterocycles. The third-order valence-electron chi connectivity index (χ3n) is 2.85. The van der Waals surface area contributed by atoms with Crippen LogP contribution in [0.3, 0.4) is 0 Å². The van der Waals surface area contributed by atoms with E-state index in [1.54, 1.807) is 6.92 Å². The zero-order valence-electron chi connectivity index (χ0n) is 9.47. The van der Waals surface area contributed by atoms with Crippen molar-refractivity contribution in [3.63, 3.8) is 0 Å². The molecule has 0 aromatic heterocycles.